The van der Waals surface area contributed by atoms with E-state index in [0.717, 1.165) is 5.56 Å². The molecule has 2 heterocycles. The van der Waals surface area contributed by atoms with Gasteiger partial charge in [0.2, 0.25) is 0 Å². The summed E-state index contributed by atoms with van der Waals surface area (Å²) in [5, 5.41) is 2.69. The van der Waals surface area contributed by atoms with Gasteiger partial charge in [-0.3, -0.25) is 14.6 Å². The molecule has 0 saturated heterocycles. The first-order valence-corrected chi connectivity index (χ1v) is 7.21. The van der Waals surface area contributed by atoms with Crippen molar-refractivity contribution in [3.63, 3.8) is 0 Å². The molecule has 1 N–H and O–H groups in total. The van der Waals surface area contributed by atoms with E-state index in [4.69, 9.17) is 4.74 Å². The third-order valence-electron chi connectivity index (χ3n) is 3.87. The van der Waals surface area contributed by atoms with Crippen LogP contribution in [0.3, 0.4) is 0 Å². The number of aromatic nitrogens is 1. The molecule has 0 spiro atoms. The van der Waals surface area contributed by atoms with Gasteiger partial charge in [0.15, 0.2) is 0 Å². The first-order chi connectivity index (χ1) is 10.9. The molecule has 0 fully saturated rings. The molecule has 6 heteroatoms. The molecule has 1 aliphatic heterocycles. The van der Waals surface area contributed by atoms with E-state index in [1.807, 2.05) is 19.1 Å². The molecule has 1 aromatic heterocycles. The van der Waals surface area contributed by atoms with E-state index < -0.39 is 17.4 Å². The summed E-state index contributed by atoms with van der Waals surface area (Å²) in [6, 6.07) is 8.80. The Morgan fingerprint density at radius 2 is 1.96 bits per heavy atom. The molecule has 118 valence electrons. The van der Waals surface area contributed by atoms with Gasteiger partial charge in [-0.1, -0.05) is 6.07 Å². The van der Waals surface area contributed by atoms with E-state index in [0.29, 0.717) is 17.1 Å². The van der Waals surface area contributed by atoms with Crippen LogP contribution >= 0.6 is 0 Å². The summed E-state index contributed by atoms with van der Waals surface area (Å²) in [5.74, 6) is -0.431. The maximum atomic E-state index is 12.7. The van der Waals surface area contributed by atoms with Crippen molar-refractivity contribution in [3.8, 4) is 5.75 Å². The fraction of sp³-hybridized carbons (Fsp3) is 0.235. The van der Waals surface area contributed by atoms with Gasteiger partial charge in [-0.25, -0.2) is 0 Å². The van der Waals surface area contributed by atoms with E-state index in [1.54, 1.807) is 37.6 Å². The SMILES string of the molecule is Cc1ccc2c(c1)N(C)C(=O)C(C)(C(=O)Nc1ccncc1)O2. The molecule has 1 aliphatic rings. The van der Waals surface area contributed by atoms with Crippen LogP contribution in [0.15, 0.2) is 42.7 Å². The number of benzene rings is 1. The predicted molar refractivity (Wildman–Crippen MR) is 86.5 cm³/mol. The van der Waals surface area contributed by atoms with E-state index in [2.05, 4.69) is 10.3 Å². The second kappa shape index (κ2) is 5.39. The lowest BCUT2D eigenvalue weighted by atomic mass is 9.99. The number of aryl methyl sites for hydroxylation is 1. The van der Waals surface area contributed by atoms with Gasteiger partial charge in [-0.15, -0.1) is 0 Å². The number of hydrogen-bond donors (Lipinski definition) is 1. The van der Waals surface area contributed by atoms with Crippen molar-refractivity contribution in [2.75, 3.05) is 17.3 Å². The van der Waals surface area contributed by atoms with Crippen LogP contribution in [-0.4, -0.2) is 29.4 Å². The van der Waals surface area contributed by atoms with Crippen LogP contribution in [0.2, 0.25) is 0 Å². The average molecular weight is 311 g/mol. The van der Waals surface area contributed by atoms with Crippen molar-refractivity contribution in [1.29, 1.82) is 0 Å². The molecule has 1 aromatic carbocycles. The molecule has 23 heavy (non-hydrogen) atoms. The van der Waals surface area contributed by atoms with Gasteiger partial charge in [0.25, 0.3) is 17.4 Å². The zero-order chi connectivity index (χ0) is 16.6. The van der Waals surface area contributed by atoms with Crippen molar-refractivity contribution in [1.82, 2.24) is 4.98 Å². The summed E-state index contributed by atoms with van der Waals surface area (Å²) in [5.41, 5.74) is 0.598. The predicted octanol–water partition coefficient (Wildman–Crippen LogP) is 2.14. The Morgan fingerprint density at radius 3 is 2.65 bits per heavy atom. The zero-order valence-corrected chi connectivity index (χ0v) is 13.2. The topological polar surface area (TPSA) is 71.5 Å². The summed E-state index contributed by atoms with van der Waals surface area (Å²) >= 11 is 0. The highest BCUT2D eigenvalue weighted by molar-refractivity contribution is 6.19. The van der Waals surface area contributed by atoms with Crippen LogP contribution in [0.25, 0.3) is 0 Å². The Hall–Kier alpha value is -2.89. The number of nitrogens with one attached hydrogen (secondary N) is 1. The number of rotatable bonds is 2. The molecule has 0 aliphatic carbocycles. The number of anilines is 2. The second-order valence-corrected chi connectivity index (χ2v) is 5.66. The largest absolute Gasteiger partial charge is 0.465 e. The number of amides is 2. The summed E-state index contributed by atoms with van der Waals surface area (Å²) in [4.78, 5) is 30.6. The molecule has 0 saturated carbocycles. The lowest BCUT2D eigenvalue weighted by Gasteiger charge is -2.38. The van der Waals surface area contributed by atoms with Crippen LogP contribution in [0.5, 0.6) is 5.75 Å². The van der Waals surface area contributed by atoms with Gasteiger partial charge in [0, 0.05) is 25.1 Å². The highest BCUT2D eigenvalue weighted by atomic mass is 16.5. The summed E-state index contributed by atoms with van der Waals surface area (Å²) < 4.78 is 5.77. The average Bonchev–Trinajstić information content (AvgIpc) is 2.54. The van der Waals surface area contributed by atoms with Crippen molar-refractivity contribution in [2.24, 2.45) is 0 Å². The molecular weight excluding hydrogens is 294 g/mol. The molecule has 3 rings (SSSR count). The summed E-state index contributed by atoms with van der Waals surface area (Å²) in [6.45, 7) is 3.41. The number of pyridine rings is 1. The first-order valence-electron chi connectivity index (χ1n) is 7.21. The fourth-order valence-electron chi connectivity index (χ4n) is 2.50. The van der Waals surface area contributed by atoms with Gasteiger partial charge in [-0.05, 0) is 43.7 Å². The monoisotopic (exact) mass is 311 g/mol. The van der Waals surface area contributed by atoms with Gasteiger partial charge >= 0.3 is 0 Å². The molecular formula is C17H17N3O3. The second-order valence-electron chi connectivity index (χ2n) is 5.66. The van der Waals surface area contributed by atoms with E-state index in [9.17, 15) is 9.59 Å². The summed E-state index contributed by atoms with van der Waals surface area (Å²) in [6.07, 6.45) is 3.12. The van der Waals surface area contributed by atoms with Gasteiger partial charge in [0.05, 0.1) is 5.69 Å². The van der Waals surface area contributed by atoms with E-state index in [-0.39, 0.29) is 0 Å². The van der Waals surface area contributed by atoms with Gasteiger partial charge in [0.1, 0.15) is 5.75 Å². The molecule has 2 aromatic rings. The smallest absolute Gasteiger partial charge is 0.280 e. The van der Waals surface area contributed by atoms with Crippen molar-refractivity contribution >= 4 is 23.2 Å². The molecule has 1 atom stereocenters. The number of carbonyl (C=O) groups excluding carboxylic acids is 2. The minimum Gasteiger partial charge on any atom is -0.465 e. The number of hydrogen-bond acceptors (Lipinski definition) is 4. The van der Waals surface area contributed by atoms with E-state index >= 15 is 0 Å². The maximum absolute atomic E-state index is 12.7. The molecule has 0 bridgehead atoms. The van der Waals surface area contributed by atoms with Crippen LogP contribution in [0.4, 0.5) is 11.4 Å². The molecule has 2 amide bonds. The lowest BCUT2D eigenvalue weighted by molar-refractivity contribution is -0.144. The Morgan fingerprint density at radius 1 is 1.26 bits per heavy atom. The number of nitrogens with zero attached hydrogens (tertiary/aromatic N) is 2. The number of ether oxygens (including phenoxy) is 1. The molecule has 0 radical (unpaired) electrons. The Labute approximate surface area is 134 Å². The first kappa shape index (κ1) is 15.0. The number of fused-ring (bicyclic) bond motifs is 1. The molecule has 1 unspecified atom stereocenters. The van der Waals surface area contributed by atoms with Crippen molar-refractivity contribution in [3.05, 3.63) is 48.3 Å². The van der Waals surface area contributed by atoms with Gasteiger partial charge in [-0.2, -0.15) is 0 Å². The van der Waals surface area contributed by atoms with Gasteiger partial charge < -0.3 is 15.0 Å². The Balaban J connectivity index is 1.94. The minimum atomic E-state index is -1.62. The number of carbonyl (C=O) groups is 2. The quantitative estimate of drug-likeness (QED) is 0.863. The Bertz CT molecular complexity index is 776. The maximum Gasteiger partial charge on any atom is 0.280 e. The Kier molecular flexibility index (Phi) is 3.52. The molecule has 6 nitrogen and oxygen atoms in total. The standard InChI is InChI=1S/C17H17N3O3/c1-11-4-5-14-13(10-11)20(3)16(22)17(2,23-14)15(21)19-12-6-8-18-9-7-12/h4-10H,1-3H3,(H,18,19,21). The lowest BCUT2D eigenvalue weighted by Crippen LogP contribution is -2.59. The van der Waals surface area contributed by atoms with Crippen LogP contribution in [0, 0.1) is 6.92 Å². The third kappa shape index (κ3) is 2.52. The normalized spacial score (nSPS) is 19.8. The zero-order valence-electron chi connectivity index (χ0n) is 13.2. The van der Waals surface area contributed by atoms with Crippen LogP contribution in [-0.2, 0) is 9.59 Å². The minimum absolute atomic E-state index is 0.415. The third-order valence-corrected chi connectivity index (χ3v) is 3.87. The fourth-order valence-corrected chi connectivity index (χ4v) is 2.50. The van der Waals surface area contributed by atoms with Crippen molar-refractivity contribution in [2.45, 2.75) is 19.4 Å². The highest BCUT2D eigenvalue weighted by Gasteiger charge is 2.49. The number of likely N-dealkylation sites (N-methyl/N-ethyl adjacent to an activating group) is 1. The van der Waals surface area contributed by atoms with Crippen LogP contribution in [0.1, 0.15) is 12.5 Å². The highest BCUT2D eigenvalue weighted by Crippen LogP contribution is 2.38. The van der Waals surface area contributed by atoms with Crippen molar-refractivity contribution < 1.29 is 14.3 Å². The van der Waals surface area contributed by atoms with E-state index in [1.165, 1.54) is 11.8 Å². The van der Waals surface area contributed by atoms with Crippen LogP contribution < -0.4 is 15.0 Å². The summed E-state index contributed by atoms with van der Waals surface area (Å²) in [7, 11) is 1.64.